The number of hydrogen-bond donors (Lipinski definition) is 2. The Kier molecular flexibility index (Phi) is 5.04. The normalized spacial score (nSPS) is 12.1. The van der Waals surface area contributed by atoms with E-state index < -0.39 is 5.97 Å². The molecule has 1 aromatic heterocycles. The molecule has 0 saturated carbocycles. The number of rotatable bonds is 6. The van der Waals surface area contributed by atoms with Gasteiger partial charge >= 0.3 is 5.97 Å². The van der Waals surface area contributed by atoms with Gasteiger partial charge in [0.15, 0.2) is 5.69 Å². The van der Waals surface area contributed by atoms with Gasteiger partial charge in [0, 0.05) is 11.8 Å². The summed E-state index contributed by atoms with van der Waals surface area (Å²) in [4.78, 5) is 10.6. The molecule has 0 radical (unpaired) electrons. The first-order valence-electron chi connectivity index (χ1n) is 4.99. The molecule has 16 heavy (non-hydrogen) atoms. The molecule has 1 heterocycles. The molecule has 0 aliphatic carbocycles. The number of nitrogens with one attached hydrogen (secondary N) is 1. The minimum absolute atomic E-state index is 0.0385. The fourth-order valence-electron chi connectivity index (χ4n) is 1.20. The summed E-state index contributed by atoms with van der Waals surface area (Å²) in [6.45, 7) is 2.09. The maximum Gasteiger partial charge on any atom is 0.356 e. The highest BCUT2D eigenvalue weighted by atomic mass is 32.2. The molecule has 1 rings (SSSR count). The van der Waals surface area contributed by atoms with Gasteiger partial charge in [0.25, 0.3) is 0 Å². The molecule has 0 bridgehead atoms. The summed E-state index contributed by atoms with van der Waals surface area (Å²) >= 11 is 1.76. The van der Waals surface area contributed by atoms with E-state index in [2.05, 4.69) is 22.4 Å². The van der Waals surface area contributed by atoms with Gasteiger partial charge in [0.05, 0.1) is 0 Å². The van der Waals surface area contributed by atoms with Gasteiger partial charge in [-0.25, -0.2) is 4.79 Å². The van der Waals surface area contributed by atoms with Crippen LogP contribution in [0.4, 0.5) is 5.82 Å². The smallest absolute Gasteiger partial charge is 0.356 e. The first-order chi connectivity index (χ1) is 7.67. The van der Waals surface area contributed by atoms with Crippen molar-refractivity contribution in [1.82, 2.24) is 10.2 Å². The van der Waals surface area contributed by atoms with Crippen molar-refractivity contribution in [3.63, 3.8) is 0 Å². The summed E-state index contributed by atoms with van der Waals surface area (Å²) in [5, 5.41) is 19.3. The topological polar surface area (TPSA) is 75.1 Å². The van der Waals surface area contributed by atoms with Gasteiger partial charge in [-0.3, -0.25) is 0 Å². The number of hydrogen-bond acceptors (Lipinski definition) is 5. The van der Waals surface area contributed by atoms with Crippen molar-refractivity contribution in [1.29, 1.82) is 0 Å². The Morgan fingerprint density at radius 2 is 2.31 bits per heavy atom. The molecule has 0 spiro atoms. The van der Waals surface area contributed by atoms with Gasteiger partial charge in [-0.15, -0.1) is 10.2 Å². The third-order valence-electron chi connectivity index (χ3n) is 2.10. The lowest BCUT2D eigenvalue weighted by Crippen LogP contribution is -2.22. The zero-order chi connectivity index (χ0) is 12.0. The number of carbonyl (C=O) groups is 1. The van der Waals surface area contributed by atoms with E-state index in [1.54, 1.807) is 17.8 Å². The van der Waals surface area contributed by atoms with E-state index in [0.717, 1.165) is 12.2 Å². The highest BCUT2D eigenvalue weighted by Gasteiger charge is 2.08. The number of aromatic nitrogens is 2. The molecule has 0 aliphatic heterocycles. The largest absolute Gasteiger partial charge is 0.476 e. The van der Waals surface area contributed by atoms with Crippen LogP contribution in [-0.2, 0) is 0 Å². The second-order valence-corrected chi connectivity index (χ2v) is 4.22. The standard InChI is InChI=1S/C10H15N3O2S/c1-3-7(6-16-2)11-9-5-4-8(10(14)15)12-13-9/h4-5,7H,3,6H2,1-2H3,(H,11,13)(H,14,15). The summed E-state index contributed by atoms with van der Waals surface area (Å²) in [7, 11) is 0. The maximum atomic E-state index is 10.6. The number of carboxylic acid groups (broad SMARTS) is 1. The van der Waals surface area contributed by atoms with Crippen molar-refractivity contribution in [2.45, 2.75) is 19.4 Å². The molecule has 1 atom stereocenters. The molecule has 88 valence electrons. The minimum Gasteiger partial charge on any atom is -0.476 e. The van der Waals surface area contributed by atoms with E-state index >= 15 is 0 Å². The van der Waals surface area contributed by atoms with E-state index in [1.165, 1.54) is 6.07 Å². The molecule has 0 aromatic carbocycles. The Morgan fingerprint density at radius 3 is 2.75 bits per heavy atom. The van der Waals surface area contributed by atoms with Crippen LogP contribution in [0.5, 0.6) is 0 Å². The van der Waals surface area contributed by atoms with E-state index in [-0.39, 0.29) is 5.69 Å². The van der Waals surface area contributed by atoms with E-state index in [9.17, 15) is 4.79 Å². The van der Waals surface area contributed by atoms with Crippen molar-refractivity contribution >= 4 is 23.5 Å². The van der Waals surface area contributed by atoms with Crippen LogP contribution >= 0.6 is 11.8 Å². The molecule has 0 amide bonds. The molecular weight excluding hydrogens is 226 g/mol. The fourth-order valence-corrected chi connectivity index (χ4v) is 1.92. The van der Waals surface area contributed by atoms with Gasteiger partial charge in [0.2, 0.25) is 0 Å². The molecule has 0 fully saturated rings. The van der Waals surface area contributed by atoms with E-state index in [0.29, 0.717) is 11.9 Å². The van der Waals surface area contributed by atoms with Gasteiger partial charge in [-0.05, 0) is 24.8 Å². The average molecular weight is 241 g/mol. The fraction of sp³-hybridized carbons (Fsp3) is 0.500. The summed E-state index contributed by atoms with van der Waals surface area (Å²) in [6, 6.07) is 3.42. The van der Waals surface area contributed by atoms with Gasteiger partial charge in [-0.2, -0.15) is 11.8 Å². The molecule has 6 heteroatoms. The van der Waals surface area contributed by atoms with Crippen LogP contribution in [0.2, 0.25) is 0 Å². The van der Waals surface area contributed by atoms with Crippen molar-refractivity contribution in [2.24, 2.45) is 0 Å². The second kappa shape index (κ2) is 6.32. The van der Waals surface area contributed by atoms with Crippen LogP contribution in [0.25, 0.3) is 0 Å². The lowest BCUT2D eigenvalue weighted by molar-refractivity contribution is 0.0689. The highest BCUT2D eigenvalue weighted by molar-refractivity contribution is 7.98. The molecular formula is C10H15N3O2S. The zero-order valence-electron chi connectivity index (χ0n) is 9.30. The minimum atomic E-state index is -1.06. The van der Waals surface area contributed by atoms with Crippen LogP contribution in [0.1, 0.15) is 23.8 Å². The Morgan fingerprint density at radius 1 is 1.56 bits per heavy atom. The lowest BCUT2D eigenvalue weighted by Gasteiger charge is -2.15. The van der Waals surface area contributed by atoms with Crippen molar-refractivity contribution in [3.8, 4) is 0 Å². The van der Waals surface area contributed by atoms with E-state index in [4.69, 9.17) is 5.11 Å². The van der Waals surface area contributed by atoms with Crippen LogP contribution in [0.15, 0.2) is 12.1 Å². The van der Waals surface area contributed by atoms with Gasteiger partial charge < -0.3 is 10.4 Å². The zero-order valence-corrected chi connectivity index (χ0v) is 10.1. The molecule has 0 aliphatic rings. The van der Waals surface area contributed by atoms with Crippen LogP contribution in [0.3, 0.4) is 0 Å². The third-order valence-corrected chi connectivity index (χ3v) is 2.83. The Hall–Kier alpha value is -1.30. The average Bonchev–Trinajstić information content (AvgIpc) is 2.29. The Balaban J connectivity index is 2.63. The number of anilines is 1. The van der Waals surface area contributed by atoms with Crippen molar-refractivity contribution in [2.75, 3.05) is 17.3 Å². The number of thioether (sulfide) groups is 1. The summed E-state index contributed by atoms with van der Waals surface area (Å²) in [5.41, 5.74) is -0.0385. The predicted molar refractivity (Wildman–Crippen MR) is 65.1 cm³/mol. The molecule has 1 unspecified atom stereocenters. The molecule has 1 aromatic rings. The molecule has 0 saturated heterocycles. The Bertz CT molecular complexity index is 342. The number of carboxylic acids is 1. The quantitative estimate of drug-likeness (QED) is 0.790. The van der Waals surface area contributed by atoms with Crippen LogP contribution in [-0.4, -0.2) is 39.3 Å². The van der Waals surface area contributed by atoms with Gasteiger partial charge in [-0.1, -0.05) is 6.92 Å². The lowest BCUT2D eigenvalue weighted by atomic mass is 10.2. The predicted octanol–water partition coefficient (Wildman–Crippen LogP) is 1.73. The Labute approximate surface area is 98.7 Å². The van der Waals surface area contributed by atoms with Crippen LogP contribution in [0, 0.1) is 0 Å². The van der Waals surface area contributed by atoms with Crippen LogP contribution < -0.4 is 5.32 Å². The van der Waals surface area contributed by atoms with E-state index in [1.807, 2.05) is 6.26 Å². The first kappa shape index (κ1) is 12.8. The molecule has 2 N–H and O–H groups in total. The second-order valence-electron chi connectivity index (χ2n) is 3.31. The van der Waals surface area contributed by atoms with Crippen molar-refractivity contribution < 1.29 is 9.90 Å². The SMILES string of the molecule is CCC(CSC)Nc1ccc(C(=O)O)nn1. The number of nitrogens with zero attached hydrogens (tertiary/aromatic N) is 2. The monoisotopic (exact) mass is 241 g/mol. The molecule has 5 nitrogen and oxygen atoms in total. The van der Waals surface area contributed by atoms with Gasteiger partial charge in [0.1, 0.15) is 5.82 Å². The summed E-state index contributed by atoms with van der Waals surface area (Å²) < 4.78 is 0. The number of aromatic carboxylic acids is 1. The highest BCUT2D eigenvalue weighted by Crippen LogP contribution is 2.09. The maximum absolute atomic E-state index is 10.6. The summed E-state index contributed by atoms with van der Waals surface area (Å²) in [5.74, 6) is 0.542. The third kappa shape index (κ3) is 3.69. The summed E-state index contributed by atoms with van der Waals surface area (Å²) in [6.07, 6.45) is 3.03. The van der Waals surface area contributed by atoms with Crippen molar-refractivity contribution in [3.05, 3.63) is 17.8 Å². The first-order valence-corrected chi connectivity index (χ1v) is 6.39.